The summed E-state index contributed by atoms with van der Waals surface area (Å²) in [4.78, 5) is 13.9. The molecule has 2 rings (SSSR count). The van der Waals surface area contributed by atoms with Crippen LogP contribution in [0.2, 0.25) is 0 Å². The molecule has 23 heavy (non-hydrogen) atoms. The first-order valence-electron chi connectivity index (χ1n) is 7.89. The Kier molecular flexibility index (Phi) is 5.79. The van der Waals surface area contributed by atoms with Crippen molar-refractivity contribution in [2.75, 3.05) is 18.5 Å². The van der Waals surface area contributed by atoms with Crippen LogP contribution in [0.15, 0.2) is 6.07 Å². The zero-order valence-electron chi connectivity index (χ0n) is 14.1. The van der Waals surface area contributed by atoms with Crippen molar-refractivity contribution < 1.29 is 14.3 Å². The standard InChI is InChI=1S/C17H24N2O3S/c1-11(22-10-12-6-5-7-21-12)16(20)19-13-8-15(17(2,3)4)23-14(13)9-18/h8,11-12H,5-7,10H2,1-4H3,(H,19,20)/t11-,12+/m1/s1. The summed E-state index contributed by atoms with van der Waals surface area (Å²) < 4.78 is 11.1. The fourth-order valence-corrected chi connectivity index (χ4v) is 3.24. The highest BCUT2D eigenvalue weighted by atomic mass is 32.1. The van der Waals surface area contributed by atoms with Crippen LogP contribution in [0.25, 0.3) is 0 Å². The minimum Gasteiger partial charge on any atom is -0.376 e. The molecule has 1 aliphatic heterocycles. The Morgan fingerprint density at radius 2 is 2.35 bits per heavy atom. The number of carbonyl (C=O) groups excluding carboxylic acids is 1. The first-order chi connectivity index (χ1) is 10.8. The molecule has 1 fully saturated rings. The van der Waals surface area contributed by atoms with Gasteiger partial charge in [0.25, 0.3) is 5.91 Å². The maximum atomic E-state index is 12.3. The molecular formula is C17H24N2O3S. The predicted octanol–water partition coefficient (Wildman–Crippen LogP) is 3.44. The van der Waals surface area contributed by atoms with Gasteiger partial charge in [0.05, 0.1) is 18.4 Å². The normalized spacial score (nSPS) is 19.3. The van der Waals surface area contributed by atoms with E-state index in [1.54, 1.807) is 6.92 Å². The Labute approximate surface area is 141 Å². The van der Waals surface area contributed by atoms with Gasteiger partial charge in [0.2, 0.25) is 0 Å². The van der Waals surface area contributed by atoms with Crippen molar-refractivity contribution in [1.29, 1.82) is 5.26 Å². The van der Waals surface area contributed by atoms with Crippen LogP contribution >= 0.6 is 11.3 Å². The molecule has 0 radical (unpaired) electrons. The molecule has 0 saturated carbocycles. The van der Waals surface area contributed by atoms with Crippen LogP contribution in [0.4, 0.5) is 5.69 Å². The highest BCUT2D eigenvalue weighted by Crippen LogP contribution is 2.35. The summed E-state index contributed by atoms with van der Waals surface area (Å²) in [6, 6.07) is 4.03. The number of ether oxygens (including phenoxy) is 2. The molecule has 2 heterocycles. The molecule has 1 aliphatic rings. The van der Waals surface area contributed by atoms with Gasteiger partial charge in [-0.1, -0.05) is 20.8 Å². The highest BCUT2D eigenvalue weighted by molar-refractivity contribution is 7.13. The highest BCUT2D eigenvalue weighted by Gasteiger charge is 2.23. The van der Waals surface area contributed by atoms with Gasteiger partial charge >= 0.3 is 0 Å². The molecule has 1 saturated heterocycles. The maximum Gasteiger partial charge on any atom is 0.253 e. The van der Waals surface area contributed by atoms with E-state index in [1.165, 1.54) is 11.3 Å². The van der Waals surface area contributed by atoms with Gasteiger partial charge in [-0.25, -0.2) is 0 Å². The summed E-state index contributed by atoms with van der Waals surface area (Å²) >= 11 is 1.42. The molecule has 1 aromatic heterocycles. The van der Waals surface area contributed by atoms with Gasteiger partial charge < -0.3 is 14.8 Å². The molecule has 0 spiro atoms. The number of carbonyl (C=O) groups is 1. The lowest BCUT2D eigenvalue weighted by Crippen LogP contribution is -2.30. The SMILES string of the molecule is C[C@@H](OC[C@@H]1CCCO1)C(=O)Nc1cc(C(C)(C)C)sc1C#N. The van der Waals surface area contributed by atoms with Crippen molar-refractivity contribution in [3.63, 3.8) is 0 Å². The van der Waals surface area contributed by atoms with E-state index in [2.05, 4.69) is 32.2 Å². The van der Waals surface area contributed by atoms with Gasteiger partial charge in [-0.15, -0.1) is 11.3 Å². The number of anilines is 1. The minimum absolute atomic E-state index is 0.0544. The van der Waals surface area contributed by atoms with E-state index in [0.29, 0.717) is 17.2 Å². The fraction of sp³-hybridized carbons (Fsp3) is 0.647. The first-order valence-corrected chi connectivity index (χ1v) is 8.71. The molecular weight excluding hydrogens is 312 g/mol. The van der Waals surface area contributed by atoms with E-state index in [1.807, 2.05) is 6.07 Å². The predicted molar refractivity (Wildman–Crippen MR) is 90.8 cm³/mol. The Balaban J connectivity index is 1.96. The van der Waals surface area contributed by atoms with Crippen LogP contribution in [0.5, 0.6) is 0 Å². The topological polar surface area (TPSA) is 71.3 Å². The molecule has 1 N–H and O–H groups in total. The zero-order chi connectivity index (χ0) is 17.0. The summed E-state index contributed by atoms with van der Waals surface area (Å²) in [5, 5.41) is 12.1. The molecule has 126 valence electrons. The molecule has 0 bridgehead atoms. The van der Waals surface area contributed by atoms with E-state index in [4.69, 9.17) is 9.47 Å². The quantitative estimate of drug-likeness (QED) is 0.894. The number of nitrogens with one attached hydrogen (secondary N) is 1. The van der Waals surface area contributed by atoms with Gasteiger partial charge in [0, 0.05) is 11.5 Å². The third-order valence-electron chi connectivity index (χ3n) is 3.76. The summed E-state index contributed by atoms with van der Waals surface area (Å²) in [5.41, 5.74) is 0.515. The molecule has 2 atom stereocenters. The van der Waals surface area contributed by atoms with Gasteiger partial charge in [-0.3, -0.25) is 4.79 Å². The number of nitrogens with zero attached hydrogens (tertiary/aromatic N) is 1. The first kappa shape index (κ1) is 17.9. The third kappa shape index (κ3) is 4.77. The number of rotatable bonds is 5. The van der Waals surface area contributed by atoms with Crippen molar-refractivity contribution >= 4 is 22.9 Å². The van der Waals surface area contributed by atoms with Gasteiger partial charge in [-0.2, -0.15) is 5.26 Å². The summed E-state index contributed by atoms with van der Waals surface area (Å²) in [7, 11) is 0. The van der Waals surface area contributed by atoms with Crippen molar-refractivity contribution in [2.45, 2.75) is 58.2 Å². The number of thiophene rings is 1. The Morgan fingerprint density at radius 1 is 1.61 bits per heavy atom. The second kappa shape index (κ2) is 7.43. The molecule has 0 aliphatic carbocycles. The maximum absolute atomic E-state index is 12.3. The molecule has 5 nitrogen and oxygen atoms in total. The van der Waals surface area contributed by atoms with Crippen LogP contribution in [-0.2, 0) is 19.7 Å². The molecule has 0 aromatic carbocycles. The molecule has 0 unspecified atom stereocenters. The second-order valence-electron chi connectivity index (χ2n) is 6.82. The molecule has 1 aromatic rings. The lowest BCUT2D eigenvalue weighted by Gasteiger charge is -2.16. The van der Waals surface area contributed by atoms with Crippen molar-refractivity contribution in [1.82, 2.24) is 0 Å². The second-order valence-corrected chi connectivity index (χ2v) is 7.87. The Hall–Kier alpha value is -1.42. The van der Waals surface area contributed by atoms with Crippen LogP contribution in [0.3, 0.4) is 0 Å². The molecule has 6 heteroatoms. The minimum atomic E-state index is -0.580. The Morgan fingerprint density at radius 3 is 2.91 bits per heavy atom. The smallest absolute Gasteiger partial charge is 0.253 e. The zero-order valence-corrected chi connectivity index (χ0v) is 15.0. The lowest BCUT2D eigenvalue weighted by atomic mass is 9.94. The number of hydrogen-bond acceptors (Lipinski definition) is 5. The average molecular weight is 336 g/mol. The van der Waals surface area contributed by atoms with Gasteiger partial charge in [-0.05, 0) is 31.2 Å². The fourth-order valence-electron chi connectivity index (χ4n) is 2.27. The monoisotopic (exact) mass is 336 g/mol. The summed E-state index contributed by atoms with van der Waals surface area (Å²) in [5.74, 6) is -0.238. The van der Waals surface area contributed by atoms with Crippen molar-refractivity contribution in [3.8, 4) is 6.07 Å². The van der Waals surface area contributed by atoms with E-state index >= 15 is 0 Å². The van der Waals surface area contributed by atoms with E-state index in [9.17, 15) is 10.1 Å². The van der Waals surface area contributed by atoms with Gasteiger partial charge in [0.15, 0.2) is 0 Å². The lowest BCUT2D eigenvalue weighted by molar-refractivity contribution is -0.128. The van der Waals surface area contributed by atoms with Crippen molar-refractivity contribution in [3.05, 3.63) is 15.8 Å². The van der Waals surface area contributed by atoms with Crippen LogP contribution in [-0.4, -0.2) is 31.3 Å². The average Bonchev–Trinajstić information content (AvgIpc) is 3.13. The third-order valence-corrected chi connectivity index (χ3v) is 5.22. The van der Waals surface area contributed by atoms with Gasteiger partial charge in [0.1, 0.15) is 17.1 Å². The number of hydrogen-bond donors (Lipinski definition) is 1. The largest absolute Gasteiger partial charge is 0.376 e. The number of amides is 1. The van der Waals surface area contributed by atoms with Crippen LogP contribution in [0, 0.1) is 11.3 Å². The summed E-state index contributed by atoms with van der Waals surface area (Å²) in [6.07, 6.45) is 1.54. The van der Waals surface area contributed by atoms with E-state index in [-0.39, 0.29) is 17.4 Å². The number of nitriles is 1. The van der Waals surface area contributed by atoms with E-state index in [0.717, 1.165) is 24.3 Å². The van der Waals surface area contributed by atoms with E-state index < -0.39 is 6.10 Å². The molecule has 1 amide bonds. The summed E-state index contributed by atoms with van der Waals surface area (Å²) in [6.45, 7) is 9.16. The van der Waals surface area contributed by atoms with Crippen molar-refractivity contribution in [2.24, 2.45) is 0 Å². The Bertz CT molecular complexity index is 592. The van der Waals surface area contributed by atoms with Crippen LogP contribution in [0.1, 0.15) is 50.3 Å². The van der Waals surface area contributed by atoms with Crippen LogP contribution < -0.4 is 5.32 Å².